The van der Waals surface area contributed by atoms with Crippen LogP contribution in [0.5, 0.6) is 5.75 Å². The zero-order chi connectivity index (χ0) is 10.0. The molecule has 72 valence electrons. The third-order valence-corrected chi connectivity index (χ3v) is 2.26. The average molecular weight is 301 g/mol. The van der Waals surface area contributed by atoms with Crippen molar-refractivity contribution in [3.8, 4) is 5.75 Å². The van der Waals surface area contributed by atoms with Gasteiger partial charge in [-0.2, -0.15) is 0 Å². The molecular weight excluding hydrogens is 295 g/mol. The number of rotatable bonds is 2. The second kappa shape index (κ2) is 4.03. The molecule has 0 fully saturated rings. The molecule has 0 saturated carbocycles. The van der Waals surface area contributed by atoms with E-state index in [0.29, 0.717) is 3.70 Å². The molecule has 3 nitrogen and oxygen atoms in total. The van der Waals surface area contributed by atoms with Crippen LogP contribution in [0.1, 0.15) is 12.0 Å². The molecule has 0 aromatic carbocycles. The summed E-state index contributed by atoms with van der Waals surface area (Å²) in [6.07, 6.45) is -1.79. The number of halogens is 3. The van der Waals surface area contributed by atoms with Crippen LogP contribution in [0, 0.1) is 3.70 Å². The number of hydrogen-bond acceptors (Lipinski definition) is 2. The molecule has 1 aromatic rings. The lowest BCUT2D eigenvalue weighted by atomic mass is 10.3. The topological polar surface area (TPSA) is 42.1 Å². The van der Waals surface area contributed by atoms with E-state index in [1.807, 2.05) is 0 Å². The Kier molecular flexibility index (Phi) is 3.23. The molecule has 13 heavy (non-hydrogen) atoms. The summed E-state index contributed by atoms with van der Waals surface area (Å²) in [5.74, 6) is -0.0709. The first-order chi connectivity index (χ1) is 6.07. The summed E-state index contributed by atoms with van der Waals surface area (Å²) >= 11 is 1.80. The van der Waals surface area contributed by atoms with Gasteiger partial charge >= 0.3 is 0 Å². The van der Waals surface area contributed by atoms with Gasteiger partial charge in [0.25, 0.3) is 6.43 Å². The molecule has 1 rings (SSSR count). The van der Waals surface area contributed by atoms with Gasteiger partial charge in [0.1, 0.15) is 3.70 Å². The van der Waals surface area contributed by atoms with E-state index in [0.717, 1.165) is 6.20 Å². The highest BCUT2D eigenvalue weighted by atomic mass is 127. The summed E-state index contributed by atoms with van der Waals surface area (Å²) in [6.45, 7) is 0. The second-order valence-corrected chi connectivity index (χ2v) is 3.30. The van der Waals surface area contributed by atoms with Crippen LogP contribution < -0.4 is 10.2 Å². The van der Waals surface area contributed by atoms with Crippen LogP contribution in [0.2, 0.25) is 0 Å². The third kappa shape index (κ3) is 1.98. The highest BCUT2D eigenvalue weighted by Crippen LogP contribution is 2.19. The van der Waals surface area contributed by atoms with Crippen molar-refractivity contribution in [2.75, 3.05) is 7.11 Å². The Bertz CT molecular complexity index is 364. The van der Waals surface area contributed by atoms with E-state index < -0.39 is 17.4 Å². The maximum Gasteiger partial charge on any atom is 0.269 e. The minimum atomic E-state index is -2.78. The first-order valence-electron chi connectivity index (χ1n) is 3.31. The second-order valence-electron chi connectivity index (χ2n) is 2.22. The fourth-order valence-corrected chi connectivity index (χ4v) is 1.47. The Labute approximate surface area is 86.2 Å². The molecule has 1 heterocycles. The van der Waals surface area contributed by atoms with Gasteiger partial charge < -0.3 is 9.72 Å². The summed E-state index contributed by atoms with van der Waals surface area (Å²) in [4.78, 5) is 13.8. The smallest absolute Gasteiger partial charge is 0.269 e. The molecule has 0 aliphatic heterocycles. The molecule has 0 aliphatic carbocycles. The SMILES string of the molecule is COc1c(I)[nH]cc(C(F)F)c1=O. The number of H-pyrrole nitrogens is 1. The Morgan fingerprint density at radius 1 is 1.62 bits per heavy atom. The number of nitrogens with one attached hydrogen (secondary N) is 1. The number of ether oxygens (including phenoxy) is 1. The largest absolute Gasteiger partial charge is 0.490 e. The quantitative estimate of drug-likeness (QED) is 0.670. The molecule has 0 spiro atoms. The number of aromatic amines is 1. The van der Waals surface area contributed by atoms with E-state index in [2.05, 4.69) is 9.72 Å². The minimum Gasteiger partial charge on any atom is -0.490 e. The molecule has 0 radical (unpaired) electrons. The molecule has 6 heteroatoms. The Morgan fingerprint density at radius 2 is 2.23 bits per heavy atom. The van der Waals surface area contributed by atoms with Gasteiger partial charge in [-0.05, 0) is 22.6 Å². The van der Waals surface area contributed by atoms with Crippen LogP contribution in [-0.2, 0) is 0 Å². The number of alkyl halides is 2. The Morgan fingerprint density at radius 3 is 2.69 bits per heavy atom. The van der Waals surface area contributed by atoms with Crippen molar-refractivity contribution in [3.63, 3.8) is 0 Å². The van der Waals surface area contributed by atoms with Gasteiger partial charge in [-0.1, -0.05) is 0 Å². The molecule has 1 N–H and O–H groups in total. The molecule has 0 aliphatic rings. The van der Waals surface area contributed by atoms with Gasteiger partial charge in [0, 0.05) is 6.20 Å². The number of pyridine rings is 1. The van der Waals surface area contributed by atoms with E-state index in [9.17, 15) is 13.6 Å². The minimum absolute atomic E-state index is 0.0709. The first kappa shape index (κ1) is 10.4. The standard InChI is InChI=1S/C7H6F2INO2/c1-13-5-4(12)3(6(8)9)2-11-7(5)10/h2,6H,1H3,(H,11,12). The van der Waals surface area contributed by atoms with Gasteiger partial charge in [0.2, 0.25) is 5.43 Å². The number of aromatic nitrogens is 1. The van der Waals surface area contributed by atoms with Crippen LogP contribution in [0.3, 0.4) is 0 Å². The summed E-state index contributed by atoms with van der Waals surface area (Å²) in [5.41, 5.74) is -1.34. The van der Waals surface area contributed by atoms with Crippen LogP contribution >= 0.6 is 22.6 Å². The monoisotopic (exact) mass is 301 g/mol. The molecule has 0 amide bonds. The van der Waals surface area contributed by atoms with Crippen molar-refractivity contribution in [3.05, 3.63) is 25.7 Å². The van der Waals surface area contributed by atoms with Crippen LogP contribution in [0.15, 0.2) is 11.0 Å². The molecule has 0 atom stereocenters. The predicted molar refractivity (Wildman–Crippen MR) is 51.3 cm³/mol. The Hall–Kier alpha value is -0.660. The van der Waals surface area contributed by atoms with Gasteiger partial charge in [-0.25, -0.2) is 8.78 Å². The van der Waals surface area contributed by atoms with E-state index >= 15 is 0 Å². The fraction of sp³-hybridized carbons (Fsp3) is 0.286. The van der Waals surface area contributed by atoms with Crippen molar-refractivity contribution >= 4 is 22.6 Å². The molecule has 0 saturated heterocycles. The van der Waals surface area contributed by atoms with Crippen molar-refractivity contribution in [1.29, 1.82) is 0 Å². The van der Waals surface area contributed by atoms with Gasteiger partial charge in [0.15, 0.2) is 5.75 Å². The van der Waals surface area contributed by atoms with E-state index in [1.165, 1.54) is 7.11 Å². The van der Waals surface area contributed by atoms with Gasteiger partial charge in [-0.15, -0.1) is 0 Å². The lowest BCUT2D eigenvalue weighted by Gasteiger charge is -2.04. The lowest BCUT2D eigenvalue weighted by Crippen LogP contribution is -2.14. The molecule has 1 aromatic heterocycles. The fourth-order valence-electron chi connectivity index (χ4n) is 0.847. The number of hydrogen-bond donors (Lipinski definition) is 1. The van der Waals surface area contributed by atoms with Gasteiger partial charge in [0.05, 0.1) is 12.7 Å². The maximum absolute atomic E-state index is 12.2. The molecule has 0 unspecified atom stereocenters. The van der Waals surface area contributed by atoms with Crippen molar-refractivity contribution in [1.82, 2.24) is 4.98 Å². The van der Waals surface area contributed by atoms with E-state index in [1.54, 1.807) is 22.6 Å². The maximum atomic E-state index is 12.2. The summed E-state index contributed by atoms with van der Waals surface area (Å²) in [7, 11) is 1.27. The first-order valence-corrected chi connectivity index (χ1v) is 4.39. The predicted octanol–water partition coefficient (Wildman–Crippen LogP) is 1.93. The van der Waals surface area contributed by atoms with Crippen LogP contribution in [0.25, 0.3) is 0 Å². The highest BCUT2D eigenvalue weighted by Gasteiger charge is 2.17. The average Bonchev–Trinajstić information content (AvgIpc) is 2.04. The molecular formula is C7H6F2INO2. The summed E-state index contributed by atoms with van der Waals surface area (Å²) < 4.78 is 29.5. The number of methoxy groups -OCH3 is 1. The van der Waals surface area contributed by atoms with Gasteiger partial charge in [-0.3, -0.25) is 4.79 Å². The van der Waals surface area contributed by atoms with Crippen LogP contribution in [-0.4, -0.2) is 12.1 Å². The summed E-state index contributed by atoms with van der Waals surface area (Å²) in [5, 5.41) is 0. The Balaban J connectivity index is 3.37. The zero-order valence-corrected chi connectivity index (χ0v) is 8.76. The highest BCUT2D eigenvalue weighted by molar-refractivity contribution is 14.1. The van der Waals surface area contributed by atoms with Crippen molar-refractivity contribution in [2.24, 2.45) is 0 Å². The zero-order valence-electron chi connectivity index (χ0n) is 6.61. The van der Waals surface area contributed by atoms with Crippen molar-refractivity contribution < 1.29 is 13.5 Å². The third-order valence-electron chi connectivity index (χ3n) is 1.46. The molecule has 0 bridgehead atoms. The van der Waals surface area contributed by atoms with E-state index in [-0.39, 0.29) is 5.75 Å². The van der Waals surface area contributed by atoms with Crippen LogP contribution in [0.4, 0.5) is 8.78 Å². The normalized spacial score (nSPS) is 10.5. The van der Waals surface area contributed by atoms with E-state index in [4.69, 9.17) is 0 Å². The van der Waals surface area contributed by atoms with Crippen molar-refractivity contribution in [2.45, 2.75) is 6.43 Å². The summed E-state index contributed by atoms with van der Waals surface area (Å²) in [6, 6.07) is 0. The lowest BCUT2D eigenvalue weighted by molar-refractivity contribution is 0.149.